The molecular formula is C20H35N5O3. The number of amides is 3. The molecular weight excluding hydrogens is 358 g/mol. The van der Waals surface area contributed by atoms with Gasteiger partial charge in [0, 0.05) is 26.2 Å². The Bertz CT molecular complexity index is 561. The summed E-state index contributed by atoms with van der Waals surface area (Å²) in [5.41, 5.74) is -0.847. The maximum atomic E-state index is 13.0. The van der Waals surface area contributed by atoms with Crippen molar-refractivity contribution in [3.05, 3.63) is 0 Å². The fraction of sp³-hybridized carbons (Fsp3) is 0.850. The van der Waals surface area contributed by atoms with Gasteiger partial charge < -0.3 is 25.2 Å². The lowest BCUT2D eigenvalue weighted by Gasteiger charge is -2.38. The Balaban J connectivity index is 1.99. The molecule has 0 saturated carbocycles. The van der Waals surface area contributed by atoms with Crippen LogP contribution in [0.5, 0.6) is 0 Å². The topological polar surface area (TPSA) is 97.7 Å². The average Bonchev–Trinajstić information content (AvgIpc) is 2.69. The molecule has 2 heterocycles. The molecule has 2 N–H and O–H groups in total. The third kappa shape index (κ3) is 6.35. The minimum absolute atomic E-state index is 0.241. The number of rotatable bonds is 7. The molecule has 0 aromatic carbocycles. The Morgan fingerprint density at radius 3 is 2.36 bits per heavy atom. The van der Waals surface area contributed by atoms with Gasteiger partial charge in [0.25, 0.3) is 0 Å². The molecule has 0 aromatic rings. The highest BCUT2D eigenvalue weighted by molar-refractivity contribution is 5.87. The van der Waals surface area contributed by atoms with Crippen molar-refractivity contribution < 1.29 is 14.3 Å². The Morgan fingerprint density at radius 2 is 1.82 bits per heavy atom. The predicted octanol–water partition coefficient (Wildman–Crippen LogP) is 1.33. The molecule has 0 spiro atoms. The van der Waals surface area contributed by atoms with E-state index >= 15 is 0 Å². The summed E-state index contributed by atoms with van der Waals surface area (Å²) in [4.78, 5) is 29.6. The summed E-state index contributed by atoms with van der Waals surface area (Å²) >= 11 is 0. The predicted molar refractivity (Wildman–Crippen MR) is 107 cm³/mol. The molecule has 2 rings (SSSR count). The fourth-order valence-corrected chi connectivity index (χ4v) is 3.77. The number of ether oxygens (including phenoxy) is 1. The first-order chi connectivity index (χ1) is 13.4. The van der Waals surface area contributed by atoms with Crippen LogP contribution in [0.25, 0.3) is 0 Å². The number of urea groups is 1. The quantitative estimate of drug-likeness (QED) is 0.680. The molecule has 0 aliphatic carbocycles. The van der Waals surface area contributed by atoms with Crippen LogP contribution in [0.3, 0.4) is 0 Å². The second-order valence-corrected chi connectivity index (χ2v) is 8.26. The smallest absolute Gasteiger partial charge is 0.318 e. The van der Waals surface area contributed by atoms with Crippen LogP contribution in [0.1, 0.15) is 46.5 Å². The summed E-state index contributed by atoms with van der Waals surface area (Å²) in [5.74, 6) is -0.0222. The van der Waals surface area contributed by atoms with E-state index in [1.54, 1.807) is 4.90 Å². The molecule has 0 aromatic heterocycles. The molecule has 2 saturated heterocycles. The van der Waals surface area contributed by atoms with Gasteiger partial charge in [-0.15, -0.1) is 0 Å². The van der Waals surface area contributed by atoms with Crippen molar-refractivity contribution in [2.24, 2.45) is 5.92 Å². The summed E-state index contributed by atoms with van der Waals surface area (Å²) < 4.78 is 5.28. The van der Waals surface area contributed by atoms with E-state index in [1.807, 2.05) is 13.8 Å². The molecule has 8 heteroatoms. The summed E-state index contributed by atoms with van der Waals surface area (Å²) in [6.07, 6.45) is 2.84. The van der Waals surface area contributed by atoms with Crippen LogP contribution in [0.2, 0.25) is 0 Å². The Labute approximate surface area is 168 Å². The number of nitrogens with zero attached hydrogens (tertiary/aromatic N) is 3. The van der Waals surface area contributed by atoms with Gasteiger partial charge in [0.1, 0.15) is 11.6 Å². The van der Waals surface area contributed by atoms with E-state index in [-0.39, 0.29) is 17.9 Å². The van der Waals surface area contributed by atoms with Gasteiger partial charge in [-0.05, 0) is 38.1 Å². The van der Waals surface area contributed by atoms with Crippen LogP contribution in [0.4, 0.5) is 4.79 Å². The van der Waals surface area contributed by atoms with Crippen LogP contribution in [0, 0.1) is 17.2 Å². The van der Waals surface area contributed by atoms with Gasteiger partial charge in [-0.3, -0.25) is 4.79 Å². The van der Waals surface area contributed by atoms with E-state index in [0.717, 1.165) is 26.1 Å². The number of likely N-dealkylation sites (tertiary alicyclic amines) is 1. The molecule has 1 unspecified atom stereocenters. The molecule has 1 atom stereocenters. The molecule has 28 heavy (non-hydrogen) atoms. The second-order valence-electron chi connectivity index (χ2n) is 8.26. The van der Waals surface area contributed by atoms with Crippen molar-refractivity contribution in [3.63, 3.8) is 0 Å². The van der Waals surface area contributed by atoms with Gasteiger partial charge >= 0.3 is 6.03 Å². The third-order valence-electron chi connectivity index (χ3n) is 5.45. The van der Waals surface area contributed by atoms with Crippen molar-refractivity contribution >= 4 is 11.9 Å². The maximum Gasteiger partial charge on any atom is 0.318 e. The first-order valence-electron chi connectivity index (χ1n) is 10.5. The highest BCUT2D eigenvalue weighted by atomic mass is 16.5. The van der Waals surface area contributed by atoms with Crippen molar-refractivity contribution in [2.75, 3.05) is 45.9 Å². The molecule has 158 valence electrons. The number of nitrogens with one attached hydrogen (secondary N) is 2. The van der Waals surface area contributed by atoms with Crippen molar-refractivity contribution in [2.45, 2.75) is 58.0 Å². The number of hydrogen-bond donors (Lipinski definition) is 2. The normalized spacial score (nSPS) is 21.0. The van der Waals surface area contributed by atoms with Crippen LogP contribution in [-0.4, -0.2) is 79.3 Å². The van der Waals surface area contributed by atoms with E-state index in [2.05, 4.69) is 28.5 Å². The molecule has 0 radical (unpaired) electrons. The third-order valence-corrected chi connectivity index (χ3v) is 5.45. The summed E-state index contributed by atoms with van der Waals surface area (Å²) in [5, 5.41) is 15.6. The zero-order valence-corrected chi connectivity index (χ0v) is 17.5. The van der Waals surface area contributed by atoms with Crippen molar-refractivity contribution in [1.82, 2.24) is 20.4 Å². The number of piperidine rings is 1. The largest absolute Gasteiger partial charge is 0.378 e. The molecule has 8 nitrogen and oxygen atoms in total. The molecule has 2 fully saturated rings. The Morgan fingerprint density at radius 1 is 1.18 bits per heavy atom. The lowest BCUT2D eigenvalue weighted by atomic mass is 9.88. The van der Waals surface area contributed by atoms with Gasteiger partial charge in [-0.2, -0.15) is 5.26 Å². The van der Waals surface area contributed by atoms with Crippen molar-refractivity contribution in [3.8, 4) is 6.07 Å². The minimum atomic E-state index is -0.847. The maximum absolute atomic E-state index is 13.0. The Hall–Kier alpha value is -1.85. The molecule has 0 bridgehead atoms. The zero-order chi connectivity index (χ0) is 20.6. The van der Waals surface area contributed by atoms with Gasteiger partial charge in [0.2, 0.25) is 5.91 Å². The number of carbonyl (C=O) groups is 2. The number of carbonyl (C=O) groups excluding carboxylic acids is 2. The van der Waals surface area contributed by atoms with E-state index in [4.69, 9.17) is 4.74 Å². The first kappa shape index (κ1) is 22.4. The van der Waals surface area contributed by atoms with E-state index < -0.39 is 11.6 Å². The standard InChI is InChI=1S/C20H35N5O3/c1-4-7-24-8-5-20(15-21,6-9-24)23-18(26)17(14-16(2)3)22-19(27)25-10-12-28-13-11-25/h16-17H,4-14H2,1-3H3,(H,22,27)(H,23,26). The van der Waals surface area contributed by atoms with Gasteiger partial charge in [-0.25, -0.2) is 4.79 Å². The van der Waals surface area contributed by atoms with Crippen LogP contribution < -0.4 is 10.6 Å². The average molecular weight is 394 g/mol. The van der Waals surface area contributed by atoms with Gasteiger partial charge in [-0.1, -0.05) is 20.8 Å². The molecule has 2 aliphatic rings. The second kappa shape index (κ2) is 10.6. The van der Waals surface area contributed by atoms with E-state index in [0.29, 0.717) is 45.6 Å². The van der Waals surface area contributed by atoms with Crippen LogP contribution in [0.15, 0.2) is 0 Å². The van der Waals surface area contributed by atoms with E-state index in [1.165, 1.54) is 0 Å². The SMILES string of the molecule is CCCN1CCC(C#N)(NC(=O)C(CC(C)C)NC(=O)N2CCOCC2)CC1. The van der Waals surface area contributed by atoms with Crippen LogP contribution >= 0.6 is 0 Å². The monoisotopic (exact) mass is 393 g/mol. The van der Waals surface area contributed by atoms with Gasteiger partial charge in [0.15, 0.2) is 0 Å². The van der Waals surface area contributed by atoms with Crippen molar-refractivity contribution in [1.29, 1.82) is 5.26 Å². The lowest BCUT2D eigenvalue weighted by Crippen LogP contribution is -2.60. The summed E-state index contributed by atoms with van der Waals surface area (Å²) in [7, 11) is 0. The highest BCUT2D eigenvalue weighted by Gasteiger charge is 2.38. The molecule has 2 aliphatic heterocycles. The Kier molecular flexibility index (Phi) is 8.52. The summed E-state index contributed by atoms with van der Waals surface area (Å²) in [6.45, 7) is 10.9. The highest BCUT2D eigenvalue weighted by Crippen LogP contribution is 2.22. The summed E-state index contributed by atoms with van der Waals surface area (Å²) in [6, 6.07) is 1.45. The first-order valence-corrected chi connectivity index (χ1v) is 10.5. The lowest BCUT2D eigenvalue weighted by molar-refractivity contribution is -0.125. The molecule has 3 amide bonds. The van der Waals surface area contributed by atoms with E-state index in [9.17, 15) is 14.9 Å². The minimum Gasteiger partial charge on any atom is -0.378 e. The zero-order valence-electron chi connectivity index (χ0n) is 17.5. The number of morpholine rings is 1. The van der Waals surface area contributed by atoms with Gasteiger partial charge in [0.05, 0.1) is 19.3 Å². The van der Waals surface area contributed by atoms with Crippen LogP contribution in [-0.2, 0) is 9.53 Å². The number of nitriles is 1. The fourth-order valence-electron chi connectivity index (χ4n) is 3.77. The number of hydrogen-bond acceptors (Lipinski definition) is 5.